The molecule has 0 N–H and O–H groups in total. The summed E-state index contributed by atoms with van der Waals surface area (Å²) in [6.45, 7) is 6.48. The van der Waals surface area contributed by atoms with Crippen LogP contribution in [0.25, 0.3) is 69.6 Å². The van der Waals surface area contributed by atoms with Crippen LogP contribution in [0.2, 0.25) is 0 Å². The second-order valence-corrected chi connectivity index (χ2v) is 13.3. The first-order valence-corrected chi connectivity index (χ1v) is 17.2. The zero-order chi connectivity index (χ0) is 32.6. The third kappa shape index (κ3) is 5.23. The number of hydrogen-bond acceptors (Lipinski definition) is 2. The standard InChI is InChI=1S/C19H15N.C13H10O.C13H10S/c1-14-8-7-13-18-19(14)16-11-5-6-12-17(16)20(18)15-9-3-2-4-10-15;2*1-9-5-4-8-12-13(9)10-6-2-3-7-11(10)14-12/h2-13H,1H3;2*2-8H,1H3. The van der Waals surface area contributed by atoms with E-state index in [1.165, 1.54) is 75.1 Å². The zero-order valence-electron chi connectivity index (χ0n) is 27.3. The molecule has 7 aromatic carbocycles. The fraction of sp³-hybridized carbons (Fsp3) is 0.0667. The van der Waals surface area contributed by atoms with Gasteiger partial charge in [-0.15, -0.1) is 11.3 Å². The number of furan rings is 1. The molecule has 0 spiro atoms. The Morgan fingerprint density at radius 1 is 0.396 bits per heavy atom. The third-order valence-corrected chi connectivity index (χ3v) is 10.3. The second kappa shape index (κ2) is 12.5. The lowest BCUT2D eigenvalue weighted by atomic mass is 10.1. The van der Waals surface area contributed by atoms with Gasteiger partial charge in [0.25, 0.3) is 0 Å². The zero-order valence-corrected chi connectivity index (χ0v) is 28.1. The maximum atomic E-state index is 5.73. The van der Waals surface area contributed by atoms with Gasteiger partial charge in [-0.1, -0.05) is 109 Å². The Labute approximate surface area is 284 Å². The van der Waals surface area contributed by atoms with Gasteiger partial charge in [0.15, 0.2) is 0 Å². The minimum absolute atomic E-state index is 0.969. The van der Waals surface area contributed by atoms with Gasteiger partial charge in [-0.3, -0.25) is 0 Å². The Hall–Kier alpha value is -5.64. The highest BCUT2D eigenvalue weighted by Gasteiger charge is 2.12. The number of fused-ring (bicyclic) bond motifs is 9. The van der Waals surface area contributed by atoms with Crippen LogP contribution in [0.3, 0.4) is 0 Å². The number of aromatic nitrogens is 1. The van der Waals surface area contributed by atoms with E-state index >= 15 is 0 Å². The molecule has 3 heterocycles. The van der Waals surface area contributed by atoms with E-state index in [2.05, 4.69) is 153 Å². The number of aryl methyl sites for hydroxylation is 3. The molecule has 2 nitrogen and oxygen atoms in total. The fourth-order valence-corrected chi connectivity index (χ4v) is 8.14. The van der Waals surface area contributed by atoms with Crippen molar-refractivity contribution < 1.29 is 4.42 Å². The number of thiophene rings is 1. The van der Waals surface area contributed by atoms with Crippen LogP contribution >= 0.6 is 11.3 Å². The molecule has 232 valence electrons. The van der Waals surface area contributed by atoms with E-state index in [1.807, 2.05) is 41.7 Å². The van der Waals surface area contributed by atoms with E-state index in [9.17, 15) is 0 Å². The van der Waals surface area contributed by atoms with E-state index < -0.39 is 0 Å². The fourth-order valence-electron chi connectivity index (χ4n) is 6.96. The number of hydrogen-bond donors (Lipinski definition) is 0. The van der Waals surface area contributed by atoms with Gasteiger partial charge < -0.3 is 8.98 Å². The molecular weight excluding hydrogens is 603 g/mol. The largest absolute Gasteiger partial charge is 0.456 e. The van der Waals surface area contributed by atoms with Crippen molar-refractivity contribution >= 4 is 75.3 Å². The van der Waals surface area contributed by atoms with Crippen molar-refractivity contribution in [2.45, 2.75) is 20.8 Å². The molecule has 10 aromatic rings. The Morgan fingerprint density at radius 3 is 1.75 bits per heavy atom. The number of para-hydroxylation sites is 3. The van der Waals surface area contributed by atoms with Gasteiger partial charge in [-0.05, 0) is 86.0 Å². The van der Waals surface area contributed by atoms with Crippen LogP contribution in [0, 0.1) is 20.8 Å². The summed E-state index contributed by atoms with van der Waals surface area (Å²) in [5, 5.41) is 7.94. The lowest BCUT2D eigenvalue weighted by molar-refractivity contribution is 0.669. The molecule has 0 aliphatic carbocycles. The van der Waals surface area contributed by atoms with Crippen LogP contribution in [0.1, 0.15) is 16.7 Å². The summed E-state index contributed by atoms with van der Waals surface area (Å²) in [6.07, 6.45) is 0. The van der Waals surface area contributed by atoms with Gasteiger partial charge in [-0.2, -0.15) is 0 Å². The maximum absolute atomic E-state index is 5.73. The van der Waals surface area contributed by atoms with Crippen molar-refractivity contribution in [3.05, 3.63) is 174 Å². The molecule has 0 bridgehead atoms. The highest BCUT2D eigenvalue weighted by molar-refractivity contribution is 7.25. The quantitative estimate of drug-likeness (QED) is 0.175. The predicted molar refractivity (Wildman–Crippen MR) is 208 cm³/mol. The second-order valence-electron chi connectivity index (χ2n) is 12.2. The van der Waals surface area contributed by atoms with Gasteiger partial charge in [0, 0.05) is 47.4 Å². The van der Waals surface area contributed by atoms with Crippen molar-refractivity contribution in [3.63, 3.8) is 0 Å². The average Bonchev–Trinajstić information content (AvgIpc) is 3.80. The number of benzene rings is 7. The van der Waals surface area contributed by atoms with Crippen LogP contribution < -0.4 is 0 Å². The van der Waals surface area contributed by atoms with E-state index in [4.69, 9.17) is 4.42 Å². The number of rotatable bonds is 1. The molecular formula is C45H35NOS. The molecule has 0 radical (unpaired) electrons. The Bertz CT molecular complexity index is 2600. The monoisotopic (exact) mass is 637 g/mol. The molecule has 0 amide bonds. The smallest absolute Gasteiger partial charge is 0.135 e. The van der Waals surface area contributed by atoms with E-state index in [0.29, 0.717) is 0 Å². The lowest BCUT2D eigenvalue weighted by Crippen LogP contribution is -1.92. The van der Waals surface area contributed by atoms with Gasteiger partial charge in [-0.25, -0.2) is 0 Å². The van der Waals surface area contributed by atoms with Crippen LogP contribution in [0.4, 0.5) is 0 Å². The van der Waals surface area contributed by atoms with Crippen molar-refractivity contribution in [1.82, 2.24) is 4.57 Å². The topological polar surface area (TPSA) is 18.1 Å². The Kier molecular flexibility index (Phi) is 7.76. The molecule has 10 rings (SSSR count). The first-order chi connectivity index (χ1) is 23.6. The molecule has 0 fully saturated rings. The summed E-state index contributed by atoms with van der Waals surface area (Å²) < 4.78 is 10.9. The minimum atomic E-state index is 0.969. The van der Waals surface area contributed by atoms with Crippen molar-refractivity contribution in [1.29, 1.82) is 0 Å². The van der Waals surface area contributed by atoms with E-state index in [0.717, 1.165) is 11.2 Å². The Balaban J connectivity index is 0.000000108. The molecule has 0 unspecified atom stereocenters. The average molecular weight is 638 g/mol. The maximum Gasteiger partial charge on any atom is 0.135 e. The van der Waals surface area contributed by atoms with Crippen LogP contribution in [-0.4, -0.2) is 4.57 Å². The van der Waals surface area contributed by atoms with Gasteiger partial charge >= 0.3 is 0 Å². The molecule has 3 aromatic heterocycles. The summed E-state index contributed by atoms with van der Waals surface area (Å²) in [5.41, 5.74) is 9.67. The van der Waals surface area contributed by atoms with Crippen molar-refractivity contribution in [2.24, 2.45) is 0 Å². The van der Waals surface area contributed by atoms with Crippen molar-refractivity contribution in [2.75, 3.05) is 0 Å². The Morgan fingerprint density at radius 2 is 0.938 bits per heavy atom. The highest BCUT2D eigenvalue weighted by Crippen LogP contribution is 2.36. The predicted octanol–water partition coefficient (Wildman–Crippen LogP) is 13.3. The third-order valence-electron chi connectivity index (χ3n) is 9.14. The van der Waals surface area contributed by atoms with Crippen molar-refractivity contribution in [3.8, 4) is 5.69 Å². The summed E-state index contributed by atoms with van der Waals surface area (Å²) in [7, 11) is 0. The normalized spacial score (nSPS) is 11.2. The first kappa shape index (κ1) is 29.7. The van der Waals surface area contributed by atoms with E-state index in [-0.39, 0.29) is 0 Å². The molecule has 0 saturated heterocycles. The first-order valence-electron chi connectivity index (χ1n) is 16.4. The molecule has 0 aliphatic heterocycles. The highest BCUT2D eigenvalue weighted by atomic mass is 32.1. The molecule has 0 atom stereocenters. The van der Waals surface area contributed by atoms with Crippen LogP contribution in [0.5, 0.6) is 0 Å². The lowest BCUT2D eigenvalue weighted by Gasteiger charge is -2.07. The van der Waals surface area contributed by atoms with Gasteiger partial charge in [0.05, 0.1) is 11.0 Å². The molecule has 3 heteroatoms. The molecule has 0 saturated carbocycles. The minimum Gasteiger partial charge on any atom is -0.456 e. The van der Waals surface area contributed by atoms with E-state index in [1.54, 1.807) is 0 Å². The van der Waals surface area contributed by atoms with Crippen LogP contribution in [-0.2, 0) is 0 Å². The van der Waals surface area contributed by atoms with Gasteiger partial charge in [0.1, 0.15) is 11.2 Å². The SMILES string of the molecule is Cc1cccc2c1c1ccccc1n2-c1ccccc1.Cc1cccc2oc3ccccc3c12.Cc1cccc2sc3ccccc3c12. The summed E-state index contributed by atoms with van der Waals surface area (Å²) in [6, 6.07) is 55.2. The summed E-state index contributed by atoms with van der Waals surface area (Å²) in [4.78, 5) is 0. The summed E-state index contributed by atoms with van der Waals surface area (Å²) in [5.74, 6) is 0. The van der Waals surface area contributed by atoms with Gasteiger partial charge in [0.2, 0.25) is 0 Å². The van der Waals surface area contributed by atoms with Crippen LogP contribution in [0.15, 0.2) is 162 Å². The molecule has 0 aliphatic rings. The number of nitrogens with zero attached hydrogens (tertiary/aromatic N) is 1. The summed E-state index contributed by atoms with van der Waals surface area (Å²) >= 11 is 1.88. The molecule has 48 heavy (non-hydrogen) atoms.